The van der Waals surface area contributed by atoms with Crippen LogP contribution in [0.5, 0.6) is 0 Å². The zero-order chi connectivity index (χ0) is 18.4. The highest BCUT2D eigenvalue weighted by Crippen LogP contribution is 2.42. The van der Waals surface area contributed by atoms with E-state index in [1.807, 2.05) is 12.1 Å². The first-order valence-electron chi connectivity index (χ1n) is 7.83. The molecular weight excluding hydrogens is 329 g/mol. The Morgan fingerprint density at radius 3 is 2.20 bits per heavy atom. The fourth-order valence-corrected chi connectivity index (χ4v) is 3.40. The largest absolute Gasteiger partial charge is 0.455 e. The molecule has 5 heteroatoms. The van der Waals surface area contributed by atoms with Crippen molar-refractivity contribution >= 4 is 27.5 Å². The van der Waals surface area contributed by atoms with Gasteiger partial charge in [0.05, 0.1) is 5.56 Å². The van der Waals surface area contributed by atoms with E-state index >= 15 is 0 Å². The van der Waals surface area contributed by atoms with E-state index in [9.17, 15) is 18.0 Å². The van der Waals surface area contributed by atoms with Gasteiger partial charge in [-0.25, -0.2) is 0 Å². The predicted molar refractivity (Wildman–Crippen MR) is 91.2 cm³/mol. The Morgan fingerprint density at radius 2 is 1.56 bits per heavy atom. The summed E-state index contributed by atoms with van der Waals surface area (Å²) in [6.45, 7) is 4.67. The summed E-state index contributed by atoms with van der Waals surface area (Å²) in [4.78, 5) is 11.5. The van der Waals surface area contributed by atoms with E-state index in [1.54, 1.807) is 38.1 Å². The zero-order valence-corrected chi connectivity index (χ0v) is 14.1. The molecule has 3 rings (SSSR count). The van der Waals surface area contributed by atoms with Gasteiger partial charge in [0, 0.05) is 12.5 Å². The molecule has 0 fully saturated rings. The number of rotatable bonds is 2. The second-order valence-corrected chi connectivity index (χ2v) is 6.48. The van der Waals surface area contributed by atoms with Crippen molar-refractivity contribution in [2.24, 2.45) is 0 Å². The van der Waals surface area contributed by atoms with Crippen molar-refractivity contribution in [1.29, 1.82) is 0 Å². The first-order valence-corrected chi connectivity index (χ1v) is 7.83. The summed E-state index contributed by atoms with van der Waals surface area (Å²) in [6.07, 6.45) is -4.47. The SMILES string of the molecule is CC(=O)OC(C)(C)c1c2ccccc2cc2c(C(F)(F)F)cccc12. The predicted octanol–water partition coefficient (Wildman–Crippen LogP) is 5.81. The number of benzene rings is 3. The van der Waals surface area contributed by atoms with Crippen LogP contribution in [0.4, 0.5) is 13.2 Å². The van der Waals surface area contributed by atoms with Crippen LogP contribution in [0.25, 0.3) is 21.5 Å². The van der Waals surface area contributed by atoms with Gasteiger partial charge in [-0.1, -0.05) is 36.4 Å². The molecule has 2 nitrogen and oxygen atoms in total. The van der Waals surface area contributed by atoms with E-state index in [0.717, 1.165) is 11.5 Å². The topological polar surface area (TPSA) is 26.3 Å². The molecule has 0 aromatic heterocycles. The van der Waals surface area contributed by atoms with E-state index in [0.29, 0.717) is 16.3 Å². The van der Waals surface area contributed by atoms with E-state index in [-0.39, 0.29) is 5.39 Å². The number of ether oxygens (including phenoxy) is 1. The lowest BCUT2D eigenvalue weighted by atomic mass is 9.86. The van der Waals surface area contributed by atoms with E-state index in [2.05, 4.69) is 0 Å². The molecule has 0 saturated heterocycles. The van der Waals surface area contributed by atoms with Crippen LogP contribution >= 0.6 is 0 Å². The van der Waals surface area contributed by atoms with Gasteiger partial charge < -0.3 is 4.74 Å². The number of alkyl halides is 3. The maximum atomic E-state index is 13.5. The molecule has 25 heavy (non-hydrogen) atoms. The van der Waals surface area contributed by atoms with E-state index in [1.165, 1.54) is 13.0 Å². The summed E-state index contributed by atoms with van der Waals surface area (Å²) in [5.41, 5.74) is -1.20. The van der Waals surface area contributed by atoms with Crippen molar-refractivity contribution in [3.05, 3.63) is 59.7 Å². The van der Waals surface area contributed by atoms with Crippen LogP contribution < -0.4 is 0 Å². The standard InChI is InChI=1S/C20H17F3O2/c1-12(24)25-19(2,3)18-14-8-5-4-7-13(14)11-16-15(18)9-6-10-17(16)20(21,22)23/h4-11H,1-3H3. The highest BCUT2D eigenvalue weighted by molar-refractivity contribution is 6.04. The molecule has 0 spiro atoms. The normalized spacial score (nSPS) is 12.6. The number of hydrogen-bond acceptors (Lipinski definition) is 2. The van der Waals surface area contributed by atoms with Crippen LogP contribution in [-0.2, 0) is 21.3 Å². The van der Waals surface area contributed by atoms with Gasteiger partial charge in [-0.3, -0.25) is 4.79 Å². The number of halogens is 3. The molecule has 0 aliphatic heterocycles. The highest BCUT2D eigenvalue weighted by atomic mass is 19.4. The molecule has 0 unspecified atom stereocenters. The summed E-state index contributed by atoms with van der Waals surface area (Å²) in [5, 5.41) is 1.96. The molecule has 0 aliphatic carbocycles. The monoisotopic (exact) mass is 346 g/mol. The molecule has 3 aromatic rings. The van der Waals surface area contributed by atoms with Crippen molar-refractivity contribution in [2.45, 2.75) is 32.5 Å². The Hall–Kier alpha value is -2.56. The van der Waals surface area contributed by atoms with Crippen molar-refractivity contribution < 1.29 is 22.7 Å². The Kier molecular flexibility index (Phi) is 3.98. The molecule has 130 valence electrons. The molecule has 0 aliphatic rings. The number of carbonyl (C=O) groups excluding carboxylic acids is 1. The third-order valence-corrected chi connectivity index (χ3v) is 4.21. The molecule has 0 amide bonds. The van der Waals surface area contributed by atoms with Gasteiger partial charge in [0.25, 0.3) is 0 Å². The quantitative estimate of drug-likeness (QED) is 0.432. The molecule has 0 bridgehead atoms. The Bertz CT molecular complexity index is 972. The fourth-order valence-electron chi connectivity index (χ4n) is 3.40. The van der Waals surface area contributed by atoms with Crippen LogP contribution in [0.1, 0.15) is 31.9 Å². The van der Waals surface area contributed by atoms with Gasteiger partial charge in [-0.05, 0) is 47.5 Å². The third-order valence-electron chi connectivity index (χ3n) is 4.21. The zero-order valence-electron chi connectivity index (χ0n) is 14.1. The lowest BCUT2D eigenvalue weighted by Crippen LogP contribution is -2.25. The molecule has 0 N–H and O–H groups in total. The molecule has 3 aromatic carbocycles. The summed E-state index contributed by atoms with van der Waals surface area (Å²) < 4.78 is 45.9. The van der Waals surface area contributed by atoms with Crippen molar-refractivity contribution in [3.63, 3.8) is 0 Å². The maximum Gasteiger partial charge on any atom is 0.417 e. The van der Waals surface area contributed by atoms with Gasteiger partial charge in [-0.2, -0.15) is 13.2 Å². The second-order valence-electron chi connectivity index (χ2n) is 6.48. The number of carbonyl (C=O) groups is 1. The molecular formula is C20H17F3O2. The van der Waals surface area contributed by atoms with Gasteiger partial charge in [-0.15, -0.1) is 0 Å². The summed E-state index contributed by atoms with van der Waals surface area (Å²) in [5.74, 6) is -0.488. The molecule has 0 radical (unpaired) electrons. The fraction of sp³-hybridized carbons (Fsp3) is 0.250. The van der Waals surface area contributed by atoms with Crippen LogP contribution in [-0.4, -0.2) is 5.97 Å². The molecule has 0 heterocycles. The average Bonchev–Trinajstić information content (AvgIpc) is 2.49. The van der Waals surface area contributed by atoms with E-state index in [4.69, 9.17) is 4.74 Å². The Morgan fingerprint density at radius 1 is 0.920 bits per heavy atom. The smallest absolute Gasteiger partial charge is 0.417 e. The number of esters is 1. The average molecular weight is 346 g/mol. The van der Waals surface area contributed by atoms with Gasteiger partial charge in [0.1, 0.15) is 5.60 Å². The minimum atomic E-state index is -4.47. The summed E-state index contributed by atoms with van der Waals surface area (Å²) in [7, 11) is 0. The summed E-state index contributed by atoms with van der Waals surface area (Å²) >= 11 is 0. The van der Waals surface area contributed by atoms with Gasteiger partial charge in [0.15, 0.2) is 0 Å². The van der Waals surface area contributed by atoms with Crippen LogP contribution in [0.3, 0.4) is 0 Å². The highest BCUT2D eigenvalue weighted by Gasteiger charge is 2.35. The van der Waals surface area contributed by atoms with Crippen LogP contribution in [0, 0.1) is 0 Å². The molecule has 0 atom stereocenters. The van der Waals surface area contributed by atoms with Gasteiger partial charge in [0.2, 0.25) is 0 Å². The minimum Gasteiger partial charge on any atom is -0.455 e. The number of hydrogen-bond donors (Lipinski definition) is 0. The second kappa shape index (κ2) is 5.76. The Labute approximate surface area is 143 Å². The Balaban J connectivity index is 2.49. The maximum absolute atomic E-state index is 13.5. The van der Waals surface area contributed by atoms with Crippen LogP contribution in [0.15, 0.2) is 48.5 Å². The minimum absolute atomic E-state index is 0.101. The lowest BCUT2D eigenvalue weighted by molar-refractivity contribution is -0.154. The first kappa shape index (κ1) is 17.3. The van der Waals surface area contributed by atoms with Crippen molar-refractivity contribution in [3.8, 4) is 0 Å². The lowest BCUT2D eigenvalue weighted by Gasteiger charge is -2.28. The van der Waals surface area contributed by atoms with Gasteiger partial charge >= 0.3 is 12.1 Å². The van der Waals surface area contributed by atoms with E-state index < -0.39 is 23.3 Å². The van der Waals surface area contributed by atoms with Crippen molar-refractivity contribution in [2.75, 3.05) is 0 Å². The van der Waals surface area contributed by atoms with Crippen molar-refractivity contribution in [1.82, 2.24) is 0 Å². The third kappa shape index (κ3) is 3.06. The van der Waals surface area contributed by atoms with Crippen LogP contribution in [0.2, 0.25) is 0 Å². The molecule has 0 saturated carbocycles. The first-order chi connectivity index (χ1) is 11.6. The number of fused-ring (bicyclic) bond motifs is 2. The summed E-state index contributed by atoms with van der Waals surface area (Å²) in [6, 6.07) is 12.8.